The number of nitrogens with zero attached hydrogens (tertiary/aromatic N) is 3. The molecule has 0 amide bonds. The van der Waals surface area contributed by atoms with E-state index in [1.165, 1.54) is 27.7 Å². The molecule has 3 heterocycles. The highest BCUT2D eigenvalue weighted by Crippen LogP contribution is 2.29. The second-order valence-corrected chi connectivity index (χ2v) is 7.65. The van der Waals surface area contributed by atoms with E-state index < -0.39 is 0 Å². The third kappa shape index (κ3) is 2.87. The first-order valence-corrected chi connectivity index (χ1v) is 9.22. The van der Waals surface area contributed by atoms with Crippen LogP contribution >= 0.6 is 15.9 Å². The van der Waals surface area contributed by atoms with Gasteiger partial charge < -0.3 is 4.98 Å². The maximum Gasteiger partial charge on any atom is 0.131 e. The summed E-state index contributed by atoms with van der Waals surface area (Å²) in [6.45, 7) is 7.19. The van der Waals surface area contributed by atoms with Crippen LogP contribution in [-0.4, -0.2) is 26.4 Å². The molecule has 0 saturated carbocycles. The van der Waals surface area contributed by atoms with E-state index >= 15 is 0 Å². The van der Waals surface area contributed by atoms with Gasteiger partial charge in [-0.3, -0.25) is 4.90 Å². The maximum absolute atomic E-state index is 4.76. The molecule has 124 valence electrons. The number of halogens is 1. The highest BCUT2D eigenvalue weighted by Gasteiger charge is 2.20. The summed E-state index contributed by atoms with van der Waals surface area (Å²) < 4.78 is 1.15. The van der Waals surface area contributed by atoms with Crippen LogP contribution in [0.4, 0.5) is 0 Å². The van der Waals surface area contributed by atoms with E-state index in [0.717, 1.165) is 36.4 Å². The summed E-state index contributed by atoms with van der Waals surface area (Å²) in [7, 11) is 0. The second-order valence-electron chi connectivity index (χ2n) is 6.79. The number of nitrogens with one attached hydrogen (secondary N) is 1. The normalized spacial score (nSPS) is 15.2. The molecule has 0 unspecified atom stereocenters. The standard InChI is InChI=1S/C19H21BrN4/c1-12(2)19-22-8-13-10-24(7-6-16(13)23-19)11-14-9-21-17-5-3-4-15(20)18(14)17/h3-5,8-9,12,21H,6-7,10-11H2,1-2H3. The molecular formula is C19H21BrN4. The third-order valence-electron chi connectivity index (χ3n) is 4.68. The van der Waals surface area contributed by atoms with Gasteiger partial charge in [-0.15, -0.1) is 0 Å². The summed E-state index contributed by atoms with van der Waals surface area (Å²) in [6, 6.07) is 6.29. The van der Waals surface area contributed by atoms with Gasteiger partial charge in [0, 0.05) is 71.0 Å². The Morgan fingerprint density at radius 1 is 1.33 bits per heavy atom. The first-order chi connectivity index (χ1) is 11.6. The monoisotopic (exact) mass is 384 g/mol. The fourth-order valence-corrected chi connectivity index (χ4v) is 4.00. The van der Waals surface area contributed by atoms with Crippen molar-refractivity contribution in [3.05, 3.63) is 57.7 Å². The average molecular weight is 385 g/mol. The third-order valence-corrected chi connectivity index (χ3v) is 5.34. The van der Waals surface area contributed by atoms with Crippen LogP contribution in [0.5, 0.6) is 0 Å². The van der Waals surface area contributed by atoms with Crippen LogP contribution in [0, 0.1) is 0 Å². The Morgan fingerprint density at radius 3 is 3.04 bits per heavy atom. The molecule has 4 rings (SSSR count). The Balaban J connectivity index is 1.56. The van der Waals surface area contributed by atoms with E-state index in [1.807, 2.05) is 6.20 Å². The van der Waals surface area contributed by atoms with Crippen molar-refractivity contribution in [1.29, 1.82) is 0 Å². The zero-order chi connectivity index (χ0) is 16.7. The van der Waals surface area contributed by atoms with Crippen molar-refractivity contribution in [3.63, 3.8) is 0 Å². The van der Waals surface area contributed by atoms with Crippen molar-refractivity contribution in [2.24, 2.45) is 0 Å². The quantitative estimate of drug-likeness (QED) is 0.727. The number of aromatic amines is 1. The van der Waals surface area contributed by atoms with Crippen LogP contribution in [0.2, 0.25) is 0 Å². The van der Waals surface area contributed by atoms with E-state index in [9.17, 15) is 0 Å². The van der Waals surface area contributed by atoms with Gasteiger partial charge in [0.15, 0.2) is 0 Å². The first-order valence-electron chi connectivity index (χ1n) is 8.43. The fourth-order valence-electron chi connectivity index (χ4n) is 3.38. The average Bonchev–Trinajstić information content (AvgIpc) is 2.98. The lowest BCUT2D eigenvalue weighted by atomic mass is 10.1. The summed E-state index contributed by atoms with van der Waals surface area (Å²) in [6.07, 6.45) is 5.15. The molecule has 0 atom stereocenters. The lowest BCUT2D eigenvalue weighted by Crippen LogP contribution is -2.31. The van der Waals surface area contributed by atoms with Crippen molar-refractivity contribution in [1.82, 2.24) is 19.9 Å². The SMILES string of the molecule is CC(C)c1ncc2c(n1)CCN(Cc1c[nH]c3cccc(Br)c13)C2. The van der Waals surface area contributed by atoms with E-state index in [4.69, 9.17) is 4.98 Å². The van der Waals surface area contributed by atoms with Gasteiger partial charge in [0.2, 0.25) is 0 Å². The molecule has 5 heteroatoms. The number of benzene rings is 1. The molecule has 2 aromatic heterocycles. The molecule has 24 heavy (non-hydrogen) atoms. The van der Waals surface area contributed by atoms with Gasteiger partial charge >= 0.3 is 0 Å². The Bertz CT molecular complexity index is 884. The van der Waals surface area contributed by atoms with Crippen molar-refractivity contribution >= 4 is 26.8 Å². The first kappa shape index (κ1) is 15.8. The smallest absolute Gasteiger partial charge is 0.131 e. The summed E-state index contributed by atoms with van der Waals surface area (Å²) >= 11 is 3.68. The van der Waals surface area contributed by atoms with E-state index in [1.54, 1.807) is 0 Å². The Morgan fingerprint density at radius 2 is 2.21 bits per heavy atom. The molecule has 4 nitrogen and oxygen atoms in total. The van der Waals surface area contributed by atoms with Gasteiger partial charge in [0.25, 0.3) is 0 Å². The molecule has 0 spiro atoms. The van der Waals surface area contributed by atoms with E-state index in [0.29, 0.717) is 5.92 Å². The summed E-state index contributed by atoms with van der Waals surface area (Å²) in [5.74, 6) is 1.35. The van der Waals surface area contributed by atoms with Gasteiger partial charge in [-0.2, -0.15) is 0 Å². The molecule has 1 aliphatic rings. The number of aromatic nitrogens is 3. The van der Waals surface area contributed by atoms with Crippen molar-refractivity contribution < 1.29 is 0 Å². The number of hydrogen-bond donors (Lipinski definition) is 1. The second kappa shape index (κ2) is 6.30. The van der Waals surface area contributed by atoms with E-state index in [-0.39, 0.29) is 0 Å². The minimum atomic E-state index is 0.386. The Hall–Kier alpha value is -1.72. The molecule has 3 aromatic rings. The predicted molar refractivity (Wildman–Crippen MR) is 99.9 cm³/mol. The number of rotatable bonds is 3. The fraction of sp³-hybridized carbons (Fsp3) is 0.368. The molecule has 0 radical (unpaired) electrons. The molecule has 1 N–H and O–H groups in total. The van der Waals surface area contributed by atoms with Crippen LogP contribution in [0.15, 0.2) is 35.1 Å². The Kier molecular flexibility index (Phi) is 4.14. The summed E-state index contributed by atoms with van der Waals surface area (Å²) in [5, 5.41) is 1.29. The lowest BCUT2D eigenvalue weighted by molar-refractivity contribution is 0.243. The lowest BCUT2D eigenvalue weighted by Gasteiger charge is -2.28. The molecule has 1 aromatic carbocycles. The van der Waals surface area contributed by atoms with Crippen molar-refractivity contribution in [3.8, 4) is 0 Å². The van der Waals surface area contributed by atoms with Crippen molar-refractivity contribution in [2.75, 3.05) is 6.54 Å². The number of fused-ring (bicyclic) bond motifs is 2. The molecule has 0 bridgehead atoms. The van der Waals surface area contributed by atoms with Gasteiger partial charge in [-0.1, -0.05) is 35.8 Å². The molecule has 0 aliphatic carbocycles. The highest BCUT2D eigenvalue weighted by molar-refractivity contribution is 9.10. The van der Waals surface area contributed by atoms with E-state index in [2.05, 4.69) is 69.0 Å². The molecule has 0 saturated heterocycles. The molecule has 1 aliphatic heterocycles. The number of hydrogen-bond acceptors (Lipinski definition) is 3. The zero-order valence-corrected chi connectivity index (χ0v) is 15.6. The minimum absolute atomic E-state index is 0.386. The van der Waals surface area contributed by atoms with Gasteiger partial charge in [0.1, 0.15) is 5.82 Å². The van der Waals surface area contributed by atoms with Gasteiger partial charge in [0.05, 0.1) is 0 Å². The minimum Gasteiger partial charge on any atom is -0.361 e. The molecule has 0 fully saturated rings. The molecular weight excluding hydrogens is 364 g/mol. The summed E-state index contributed by atoms with van der Waals surface area (Å²) in [5.41, 5.74) is 5.01. The van der Waals surface area contributed by atoms with Crippen LogP contribution < -0.4 is 0 Å². The van der Waals surface area contributed by atoms with Crippen LogP contribution in [-0.2, 0) is 19.5 Å². The summed E-state index contributed by atoms with van der Waals surface area (Å²) in [4.78, 5) is 15.1. The highest BCUT2D eigenvalue weighted by atomic mass is 79.9. The predicted octanol–water partition coefficient (Wildman–Crippen LogP) is 4.40. The van der Waals surface area contributed by atoms with Crippen LogP contribution in [0.3, 0.4) is 0 Å². The largest absolute Gasteiger partial charge is 0.361 e. The zero-order valence-electron chi connectivity index (χ0n) is 14.0. The van der Waals surface area contributed by atoms with Gasteiger partial charge in [-0.05, 0) is 17.7 Å². The topological polar surface area (TPSA) is 44.8 Å². The number of H-pyrrole nitrogens is 1. The van der Waals surface area contributed by atoms with Crippen LogP contribution in [0.25, 0.3) is 10.9 Å². The van der Waals surface area contributed by atoms with Crippen molar-refractivity contribution in [2.45, 2.75) is 39.3 Å². The maximum atomic E-state index is 4.76. The van der Waals surface area contributed by atoms with Gasteiger partial charge in [-0.25, -0.2) is 9.97 Å². The van der Waals surface area contributed by atoms with Crippen LogP contribution in [0.1, 0.15) is 42.4 Å². The Labute approximate surface area is 150 Å².